The first-order chi connectivity index (χ1) is 8.97. The van der Waals surface area contributed by atoms with Gasteiger partial charge in [-0.2, -0.15) is 0 Å². The summed E-state index contributed by atoms with van der Waals surface area (Å²) in [5.41, 5.74) is 5.70. The molecule has 0 unspecified atom stereocenters. The van der Waals surface area contributed by atoms with Crippen LogP contribution in [-0.2, 0) is 14.3 Å². The average Bonchev–Trinajstić information content (AvgIpc) is 2.97. The molecule has 0 radical (unpaired) electrons. The molecule has 2 saturated heterocycles. The maximum Gasteiger partial charge on any atom is 0.239 e. The standard InChI is InChI=1S/C13H23N3O3/c1-7(2)12(14)13(18)15-6-11(17)16-9-5-8-3-4-10(9)19-8/h7-10,12H,3-6,14H2,1-2H3,(H,15,18)(H,16,17)/t8-,9-,10+,12+/m1/s1. The predicted octanol–water partition coefficient (Wildman–Crippen LogP) is -0.478. The highest BCUT2D eigenvalue weighted by molar-refractivity contribution is 5.87. The Morgan fingerprint density at radius 1 is 1.37 bits per heavy atom. The molecule has 2 heterocycles. The summed E-state index contributed by atoms with van der Waals surface area (Å²) in [6.07, 6.45) is 3.45. The van der Waals surface area contributed by atoms with Crippen molar-refractivity contribution in [1.29, 1.82) is 0 Å². The summed E-state index contributed by atoms with van der Waals surface area (Å²) >= 11 is 0. The normalized spacial score (nSPS) is 30.4. The fraction of sp³-hybridized carbons (Fsp3) is 0.846. The van der Waals surface area contributed by atoms with E-state index in [1.165, 1.54) is 0 Å². The van der Waals surface area contributed by atoms with E-state index in [0.717, 1.165) is 19.3 Å². The van der Waals surface area contributed by atoms with E-state index in [0.29, 0.717) is 6.10 Å². The van der Waals surface area contributed by atoms with Gasteiger partial charge in [0.15, 0.2) is 0 Å². The van der Waals surface area contributed by atoms with Crippen molar-refractivity contribution < 1.29 is 14.3 Å². The van der Waals surface area contributed by atoms with E-state index in [2.05, 4.69) is 10.6 Å². The zero-order chi connectivity index (χ0) is 14.0. The van der Waals surface area contributed by atoms with Gasteiger partial charge in [-0.25, -0.2) is 0 Å². The minimum absolute atomic E-state index is 0.0207. The minimum Gasteiger partial charge on any atom is -0.373 e. The second-order valence-corrected chi connectivity index (χ2v) is 5.77. The lowest BCUT2D eigenvalue weighted by Crippen LogP contribution is -2.49. The monoisotopic (exact) mass is 269 g/mol. The van der Waals surface area contributed by atoms with Crippen molar-refractivity contribution in [3.05, 3.63) is 0 Å². The molecular weight excluding hydrogens is 246 g/mol. The Kier molecular flexibility index (Phi) is 4.42. The maximum absolute atomic E-state index is 11.8. The molecule has 2 fully saturated rings. The topological polar surface area (TPSA) is 93.5 Å². The highest BCUT2D eigenvalue weighted by Gasteiger charge is 2.41. The lowest BCUT2D eigenvalue weighted by atomic mass is 9.95. The molecule has 2 aliphatic heterocycles. The van der Waals surface area contributed by atoms with Gasteiger partial charge in [0.05, 0.1) is 30.8 Å². The smallest absolute Gasteiger partial charge is 0.239 e. The second kappa shape index (κ2) is 5.88. The third kappa shape index (κ3) is 3.45. The van der Waals surface area contributed by atoms with Crippen LogP contribution in [0.2, 0.25) is 0 Å². The number of carbonyl (C=O) groups is 2. The molecule has 2 bridgehead atoms. The van der Waals surface area contributed by atoms with Crippen molar-refractivity contribution in [2.75, 3.05) is 6.54 Å². The first-order valence-electron chi connectivity index (χ1n) is 6.95. The van der Waals surface area contributed by atoms with Gasteiger partial charge in [-0.15, -0.1) is 0 Å². The summed E-state index contributed by atoms with van der Waals surface area (Å²) in [5.74, 6) is -0.401. The van der Waals surface area contributed by atoms with E-state index >= 15 is 0 Å². The molecule has 108 valence electrons. The van der Waals surface area contributed by atoms with E-state index in [9.17, 15) is 9.59 Å². The molecule has 0 aromatic rings. The number of hydrogen-bond donors (Lipinski definition) is 3. The molecule has 0 saturated carbocycles. The molecule has 2 amide bonds. The van der Waals surface area contributed by atoms with E-state index in [4.69, 9.17) is 10.5 Å². The van der Waals surface area contributed by atoms with Crippen molar-refractivity contribution >= 4 is 11.8 Å². The van der Waals surface area contributed by atoms with E-state index in [1.54, 1.807) is 0 Å². The van der Waals surface area contributed by atoms with Gasteiger partial charge in [0, 0.05) is 0 Å². The molecule has 0 aromatic heterocycles. The number of amides is 2. The fourth-order valence-electron chi connectivity index (χ4n) is 2.64. The molecule has 0 aromatic carbocycles. The van der Waals surface area contributed by atoms with Gasteiger partial charge in [-0.3, -0.25) is 9.59 Å². The van der Waals surface area contributed by atoms with Crippen LogP contribution >= 0.6 is 0 Å². The van der Waals surface area contributed by atoms with Gasteiger partial charge >= 0.3 is 0 Å². The van der Waals surface area contributed by atoms with Gasteiger partial charge in [0.2, 0.25) is 11.8 Å². The SMILES string of the molecule is CC(C)[C@H](N)C(=O)NCC(=O)N[C@@H]1C[C@H]2CC[C@@H]1O2. The fourth-order valence-corrected chi connectivity index (χ4v) is 2.64. The van der Waals surface area contributed by atoms with Crippen molar-refractivity contribution in [3.63, 3.8) is 0 Å². The summed E-state index contributed by atoms with van der Waals surface area (Å²) in [4.78, 5) is 23.4. The Balaban J connectivity index is 1.69. The van der Waals surface area contributed by atoms with Crippen LogP contribution in [0.3, 0.4) is 0 Å². The second-order valence-electron chi connectivity index (χ2n) is 5.77. The average molecular weight is 269 g/mol. The summed E-state index contributed by atoms with van der Waals surface area (Å²) in [7, 11) is 0. The summed E-state index contributed by atoms with van der Waals surface area (Å²) < 4.78 is 5.66. The van der Waals surface area contributed by atoms with Gasteiger partial charge < -0.3 is 21.1 Å². The number of ether oxygens (including phenoxy) is 1. The highest BCUT2D eigenvalue weighted by atomic mass is 16.5. The molecule has 2 aliphatic rings. The first kappa shape index (κ1) is 14.3. The Labute approximate surface area is 113 Å². The molecule has 6 nitrogen and oxygen atoms in total. The van der Waals surface area contributed by atoms with Crippen molar-refractivity contribution in [1.82, 2.24) is 10.6 Å². The van der Waals surface area contributed by atoms with Crippen LogP contribution in [0.25, 0.3) is 0 Å². The number of nitrogens with two attached hydrogens (primary N) is 1. The number of rotatable bonds is 5. The lowest BCUT2D eigenvalue weighted by molar-refractivity contribution is -0.127. The van der Waals surface area contributed by atoms with Gasteiger partial charge in [-0.05, 0) is 25.2 Å². The zero-order valence-corrected chi connectivity index (χ0v) is 11.5. The quantitative estimate of drug-likeness (QED) is 0.628. The molecule has 4 N–H and O–H groups in total. The molecule has 0 spiro atoms. The predicted molar refractivity (Wildman–Crippen MR) is 70.3 cm³/mol. The summed E-state index contributed by atoms with van der Waals surface area (Å²) in [6.45, 7) is 3.72. The van der Waals surface area contributed by atoms with Crippen LogP contribution in [0.4, 0.5) is 0 Å². The zero-order valence-electron chi connectivity index (χ0n) is 11.5. The number of nitrogens with one attached hydrogen (secondary N) is 2. The van der Waals surface area contributed by atoms with E-state index in [-0.39, 0.29) is 36.4 Å². The van der Waals surface area contributed by atoms with Crippen LogP contribution in [0, 0.1) is 5.92 Å². The largest absolute Gasteiger partial charge is 0.373 e. The Hall–Kier alpha value is -1.14. The summed E-state index contributed by atoms with van der Waals surface area (Å²) in [6, 6.07) is -0.472. The van der Waals surface area contributed by atoms with Crippen LogP contribution in [-0.4, -0.2) is 42.7 Å². The Morgan fingerprint density at radius 3 is 2.63 bits per heavy atom. The van der Waals surface area contributed by atoms with Gasteiger partial charge in [0.1, 0.15) is 0 Å². The lowest BCUT2D eigenvalue weighted by Gasteiger charge is -2.20. The molecule has 2 rings (SSSR count). The summed E-state index contributed by atoms with van der Waals surface area (Å²) in [5, 5.41) is 5.48. The third-order valence-electron chi connectivity index (χ3n) is 3.90. The number of hydrogen-bond acceptors (Lipinski definition) is 4. The molecule has 6 heteroatoms. The number of fused-ring (bicyclic) bond motifs is 2. The van der Waals surface area contributed by atoms with Crippen LogP contribution in [0.15, 0.2) is 0 Å². The van der Waals surface area contributed by atoms with Crippen molar-refractivity contribution in [2.45, 2.75) is 57.4 Å². The van der Waals surface area contributed by atoms with Crippen LogP contribution in [0.1, 0.15) is 33.1 Å². The Bertz CT molecular complexity index is 359. The molecular formula is C13H23N3O3. The molecule has 0 aliphatic carbocycles. The van der Waals surface area contributed by atoms with Crippen LogP contribution < -0.4 is 16.4 Å². The maximum atomic E-state index is 11.8. The molecule has 4 atom stereocenters. The first-order valence-corrected chi connectivity index (χ1v) is 6.95. The number of carbonyl (C=O) groups excluding carboxylic acids is 2. The van der Waals surface area contributed by atoms with E-state index in [1.807, 2.05) is 13.8 Å². The minimum atomic E-state index is -0.571. The van der Waals surface area contributed by atoms with E-state index < -0.39 is 6.04 Å². The Morgan fingerprint density at radius 2 is 2.11 bits per heavy atom. The third-order valence-corrected chi connectivity index (χ3v) is 3.90. The van der Waals surface area contributed by atoms with Crippen molar-refractivity contribution in [3.8, 4) is 0 Å². The molecule has 19 heavy (non-hydrogen) atoms. The van der Waals surface area contributed by atoms with Gasteiger partial charge in [0.25, 0.3) is 0 Å². The van der Waals surface area contributed by atoms with Crippen LogP contribution in [0.5, 0.6) is 0 Å². The highest BCUT2D eigenvalue weighted by Crippen LogP contribution is 2.34. The van der Waals surface area contributed by atoms with Gasteiger partial charge in [-0.1, -0.05) is 13.8 Å². The van der Waals surface area contributed by atoms with Crippen molar-refractivity contribution in [2.24, 2.45) is 11.7 Å².